The van der Waals surface area contributed by atoms with Gasteiger partial charge in [0.2, 0.25) is 0 Å². The van der Waals surface area contributed by atoms with E-state index in [-0.39, 0.29) is 35.9 Å². The number of hydrogen-bond donors (Lipinski definition) is 1. The quantitative estimate of drug-likeness (QED) is 0.590. The molecule has 1 aliphatic carbocycles. The van der Waals surface area contributed by atoms with Crippen molar-refractivity contribution in [3.8, 4) is 0 Å². The van der Waals surface area contributed by atoms with Gasteiger partial charge < -0.3 is 9.84 Å². The molecule has 0 spiro atoms. The Labute approximate surface area is 97.5 Å². The Morgan fingerprint density at radius 2 is 2.00 bits per heavy atom. The molecule has 1 N–H and O–H groups in total. The fourth-order valence-corrected chi connectivity index (χ4v) is 2.44. The Hall–Kier alpha value is -0.830. The Bertz CT molecular complexity index is 302. The van der Waals surface area contributed by atoms with Crippen LogP contribution in [0, 0.1) is 17.3 Å². The first-order valence-corrected chi connectivity index (χ1v) is 5.82. The Kier molecular flexibility index (Phi) is 3.79. The van der Waals surface area contributed by atoms with Gasteiger partial charge in [0, 0.05) is 5.92 Å². The molecule has 3 nitrogen and oxygen atoms in total. The zero-order valence-electron chi connectivity index (χ0n) is 10.8. The highest BCUT2D eigenvalue weighted by Gasteiger charge is 2.63. The Morgan fingerprint density at radius 3 is 2.38 bits per heavy atom. The van der Waals surface area contributed by atoms with E-state index in [1.54, 1.807) is 0 Å². The normalized spacial score (nSPS) is 28.1. The summed E-state index contributed by atoms with van der Waals surface area (Å²) in [6, 6.07) is 0. The van der Waals surface area contributed by atoms with Gasteiger partial charge in [-0.1, -0.05) is 19.9 Å². The van der Waals surface area contributed by atoms with Gasteiger partial charge in [0.25, 0.3) is 0 Å². The van der Waals surface area contributed by atoms with E-state index < -0.39 is 0 Å². The minimum absolute atomic E-state index is 0.0239. The number of ether oxygens (including phenoxy) is 1. The van der Waals surface area contributed by atoms with E-state index >= 15 is 0 Å². The second-order valence-electron chi connectivity index (χ2n) is 5.28. The zero-order valence-corrected chi connectivity index (χ0v) is 10.8. The summed E-state index contributed by atoms with van der Waals surface area (Å²) in [7, 11) is 0. The van der Waals surface area contributed by atoms with Gasteiger partial charge in [0.05, 0.1) is 18.6 Å². The van der Waals surface area contributed by atoms with Gasteiger partial charge in [-0.05, 0) is 31.8 Å². The summed E-state index contributed by atoms with van der Waals surface area (Å²) in [5.41, 5.74) is 0.854. The zero-order chi connectivity index (χ0) is 12.5. The maximum Gasteiger partial charge on any atom is 0.310 e. The smallest absolute Gasteiger partial charge is 0.310 e. The minimum Gasteiger partial charge on any atom is -0.463 e. The van der Waals surface area contributed by atoms with Crippen molar-refractivity contribution in [3.05, 3.63) is 11.6 Å². The fourth-order valence-electron chi connectivity index (χ4n) is 2.44. The first-order chi connectivity index (χ1) is 7.36. The number of allylic oxidation sites excluding steroid dienone is 1. The van der Waals surface area contributed by atoms with Gasteiger partial charge in [-0.25, -0.2) is 0 Å². The van der Waals surface area contributed by atoms with Crippen LogP contribution in [-0.4, -0.2) is 23.8 Å². The van der Waals surface area contributed by atoms with Crippen molar-refractivity contribution >= 4 is 5.97 Å². The van der Waals surface area contributed by atoms with Crippen LogP contribution < -0.4 is 0 Å². The molecule has 1 saturated carbocycles. The molecule has 1 aliphatic rings. The highest BCUT2D eigenvalue weighted by atomic mass is 16.5. The molecule has 0 aromatic rings. The van der Waals surface area contributed by atoms with Gasteiger partial charge in [0.1, 0.15) is 0 Å². The lowest BCUT2D eigenvalue weighted by Crippen LogP contribution is -2.16. The van der Waals surface area contributed by atoms with Crippen LogP contribution in [-0.2, 0) is 9.53 Å². The number of carbonyl (C=O) groups excluding carboxylic acids is 1. The van der Waals surface area contributed by atoms with E-state index in [0.717, 1.165) is 5.57 Å². The van der Waals surface area contributed by atoms with Gasteiger partial charge >= 0.3 is 5.97 Å². The lowest BCUT2D eigenvalue weighted by molar-refractivity contribution is -0.150. The third-order valence-corrected chi connectivity index (χ3v) is 3.39. The SMILES string of the molecule is CC=C(CO)C1C(C(=O)OC(C)C)C1(C)C. The molecular weight excluding hydrogens is 204 g/mol. The number of hydrogen-bond acceptors (Lipinski definition) is 3. The molecule has 0 bridgehead atoms. The van der Waals surface area contributed by atoms with Gasteiger partial charge in [-0.2, -0.15) is 0 Å². The van der Waals surface area contributed by atoms with E-state index in [9.17, 15) is 9.90 Å². The summed E-state index contributed by atoms with van der Waals surface area (Å²) in [6.07, 6.45) is 1.82. The lowest BCUT2D eigenvalue weighted by atomic mass is 10.0. The summed E-state index contributed by atoms with van der Waals surface area (Å²) in [5, 5.41) is 9.23. The highest BCUT2D eigenvalue weighted by molar-refractivity contribution is 5.78. The third kappa shape index (κ3) is 2.29. The fraction of sp³-hybridized carbons (Fsp3) is 0.769. The van der Waals surface area contributed by atoms with Gasteiger partial charge in [-0.15, -0.1) is 0 Å². The first-order valence-electron chi connectivity index (χ1n) is 5.82. The van der Waals surface area contributed by atoms with Gasteiger partial charge in [0.15, 0.2) is 0 Å². The summed E-state index contributed by atoms with van der Waals surface area (Å²) in [4.78, 5) is 11.8. The number of aliphatic hydroxyl groups is 1. The molecule has 0 heterocycles. The predicted octanol–water partition coefficient (Wildman–Crippen LogP) is 2.15. The monoisotopic (exact) mass is 226 g/mol. The average Bonchev–Trinajstić information content (AvgIpc) is 2.70. The molecule has 0 aromatic carbocycles. The molecule has 1 fully saturated rings. The summed E-state index contributed by atoms with van der Waals surface area (Å²) >= 11 is 0. The van der Waals surface area contributed by atoms with E-state index in [1.165, 1.54) is 0 Å². The van der Waals surface area contributed by atoms with Crippen molar-refractivity contribution in [1.29, 1.82) is 0 Å². The predicted molar refractivity (Wildman–Crippen MR) is 62.8 cm³/mol. The van der Waals surface area contributed by atoms with Crippen molar-refractivity contribution in [2.45, 2.75) is 40.7 Å². The Balaban J connectivity index is 2.74. The van der Waals surface area contributed by atoms with Crippen LogP contribution in [0.1, 0.15) is 34.6 Å². The minimum atomic E-state index is -0.141. The number of rotatable bonds is 4. The second kappa shape index (κ2) is 4.58. The first kappa shape index (κ1) is 13.2. The molecule has 3 heteroatoms. The van der Waals surface area contributed by atoms with Crippen LogP contribution in [0.3, 0.4) is 0 Å². The molecular formula is C13H22O3. The molecule has 2 atom stereocenters. The van der Waals surface area contributed by atoms with Crippen LogP contribution in [0.5, 0.6) is 0 Å². The van der Waals surface area contributed by atoms with Crippen molar-refractivity contribution in [2.24, 2.45) is 17.3 Å². The maximum absolute atomic E-state index is 11.8. The standard InChI is InChI=1S/C13H22O3/c1-6-9(7-14)10-11(13(10,4)5)12(15)16-8(2)3/h6,8,10-11,14H,7H2,1-5H3. The molecule has 0 saturated heterocycles. The molecule has 92 valence electrons. The highest BCUT2D eigenvalue weighted by Crippen LogP contribution is 2.62. The van der Waals surface area contributed by atoms with Crippen molar-refractivity contribution < 1.29 is 14.6 Å². The third-order valence-electron chi connectivity index (χ3n) is 3.39. The van der Waals surface area contributed by atoms with Crippen LogP contribution >= 0.6 is 0 Å². The largest absolute Gasteiger partial charge is 0.463 e. The van der Waals surface area contributed by atoms with Crippen LogP contribution in [0.4, 0.5) is 0 Å². The molecule has 1 rings (SSSR count). The van der Waals surface area contributed by atoms with Crippen molar-refractivity contribution in [2.75, 3.05) is 6.61 Å². The van der Waals surface area contributed by atoms with Crippen LogP contribution in [0.25, 0.3) is 0 Å². The maximum atomic E-state index is 11.8. The molecule has 0 amide bonds. The number of aliphatic hydroxyl groups excluding tert-OH is 1. The van der Waals surface area contributed by atoms with E-state index in [4.69, 9.17) is 4.74 Å². The van der Waals surface area contributed by atoms with E-state index in [2.05, 4.69) is 0 Å². The number of esters is 1. The summed E-state index contributed by atoms with van der Waals surface area (Å²) < 4.78 is 5.23. The van der Waals surface area contributed by atoms with Crippen LogP contribution in [0.2, 0.25) is 0 Å². The molecule has 0 aromatic heterocycles. The van der Waals surface area contributed by atoms with E-state index in [0.29, 0.717) is 0 Å². The Morgan fingerprint density at radius 1 is 1.44 bits per heavy atom. The van der Waals surface area contributed by atoms with Gasteiger partial charge in [-0.3, -0.25) is 4.79 Å². The van der Waals surface area contributed by atoms with Crippen molar-refractivity contribution in [3.63, 3.8) is 0 Å². The average molecular weight is 226 g/mol. The topological polar surface area (TPSA) is 46.5 Å². The number of carbonyl (C=O) groups is 1. The van der Waals surface area contributed by atoms with Crippen LogP contribution in [0.15, 0.2) is 11.6 Å². The molecule has 2 unspecified atom stereocenters. The molecule has 0 radical (unpaired) electrons. The molecule has 16 heavy (non-hydrogen) atoms. The molecule has 0 aliphatic heterocycles. The van der Waals surface area contributed by atoms with Crippen molar-refractivity contribution in [1.82, 2.24) is 0 Å². The lowest BCUT2D eigenvalue weighted by Gasteiger charge is -2.08. The summed E-state index contributed by atoms with van der Waals surface area (Å²) in [5.74, 6) is -0.111. The second-order valence-corrected chi connectivity index (χ2v) is 5.28. The summed E-state index contributed by atoms with van der Waals surface area (Å²) in [6.45, 7) is 9.71. The van der Waals surface area contributed by atoms with E-state index in [1.807, 2.05) is 40.7 Å².